The summed E-state index contributed by atoms with van der Waals surface area (Å²) in [7, 11) is 0. The summed E-state index contributed by atoms with van der Waals surface area (Å²) in [6, 6.07) is 13.1. The molecule has 0 fully saturated rings. The Morgan fingerprint density at radius 1 is 1.23 bits per heavy atom. The van der Waals surface area contributed by atoms with Crippen molar-refractivity contribution in [2.24, 2.45) is 0 Å². The number of para-hydroxylation sites is 1. The van der Waals surface area contributed by atoms with Crippen LogP contribution in [-0.2, 0) is 0 Å². The lowest BCUT2D eigenvalue weighted by atomic mass is 10.1. The third kappa shape index (κ3) is 4.34. The van der Waals surface area contributed by atoms with Gasteiger partial charge in [0.25, 0.3) is 5.91 Å². The minimum absolute atomic E-state index is 0.170. The summed E-state index contributed by atoms with van der Waals surface area (Å²) in [6.45, 7) is 4.74. The number of benzene rings is 2. The lowest BCUT2D eigenvalue weighted by Gasteiger charge is -2.12. The molecule has 0 saturated heterocycles. The number of carbonyl (C=O) groups is 1. The van der Waals surface area contributed by atoms with Crippen LogP contribution in [0.5, 0.6) is 5.75 Å². The fourth-order valence-electron chi connectivity index (χ4n) is 2.02. The molecule has 0 bridgehead atoms. The van der Waals surface area contributed by atoms with Crippen LogP contribution in [0.2, 0.25) is 0 Å². The number of halogens is 1. The molecule has 2 aromatic rings. The van der Waals surface area contributed by atoms with Crippen LogP contribution in [-0.4, -0.2) is 12.5 Å². The van der Waals surface area contributed by atoms with Crippen LogP contribution >= 0.6 is 15.9 Å². The first kappa shape index (κ1) is 16.6. The average molecular weight is 362 g/mol. The van der Waals surface area contributed by atoms with Gasteiger partial charge in [0.2, 0.25) is 0 Å². The maximum Gasteiger partial charge on any atom is 0.259 e. The topological polar surface area (TPSA) is 38.3 Å². The highest BCUT2D eigenvalue weighted by molar-refractivity contribution is 9.10. The molecule has 0 spiro atoms. The first-order valence-electron chi connectivity index (χ1n) is 7.41. The average Bonchev–Trinajstić information content (AvgIpc) is 2.51. The standard InChI is InChI=1S/C18H20BrNO2/c1-3-4-11-22-17-8-6-5-7-14(17)18(21)20-16-10-9-13(2)12-15(16)19/h5-10,12H,3-4,11H2,1-2H3,(H,20,21). The van der Waals surface area contributed by atoms with Crippen molar-refractivity contribution in [1.82, 2.24) is 0 Å². The van der Waals surface area contributed by atoms with Crippen LogP contribution in [0.3, 0.4) is 0 Å². The summed E-state index contributed by atoms with van der Waals surface area (Å²) in [5.74, 6) is 0.452. The van der Waals surface area contributed by atoms with E-state index in [4.69, 9.17) is 4.74 Å². The molecule has 0 aliphatic carbocycles. The van der Waals surface area contributed by atoms with E-state index in [9.17, 15) is 4.79 Å². The smallest absolute Gasteiger partial charge is 0.259 e. The van der Waals surface area contributed by atoms with Crippen LogP contribution in [0, 0.1) is 6.92 Å². The van der Waals surface area contributed by atoms with Crippen molar-refractivity contribution in [3.63, 3.8) is 0 Å². The molecular formula is C18H20BrNO2. The van der Waals surface area contributed by atoms with Gasteiger partial charge >= 0.3 is 0 Å². The molecular weight excluding hydrogens is 342 g/mol. The van der Waals surface area contributed by atoms with E-state index in [2.05, 4.69) is 28.2 Å². The zero-order valence-electron chi connectivity index (χ0n) is 12.9. The number of unbranched alkanes of at least 4 members (excludes halogenated alkanes) is 1. The molecule has 0 aliphatic rings. The van der Waals surface area contributed by atoms with Gasteiger partial charge in [0.15, 0.2) is 0 Å². The maximum absolute atomic E-state index is 12.5. The first-order valence-corrected chi connectivity index (χ1v) is 8.20. The molecule has 1 amide bonds. The molecule has 0 radical (unpaired) electrons. The Bertz CT molecular complexity index is 655. The Labute approximate surface area is 139 Å². The van der Waals surface area contributed by atoms with Gasteiger partial charge in [-0.3, -0.25) is 4.79 Å². The highest BCUT2D eigenvalue weighted by atomic mass is 79.9. The summed E-state index contributed by atoms with van der Waals surface area (Å²) < 4.78 is 6.58. The van der Waals surface area contributed by atoms with Crippen LogP contribution in [0.15, 0.2) is 46.9 Å². The van der Waals surface area contributed by atoms with E-state index in [-0.39, 0.29) is 5.91 Å². The number of rotatable bonds is 6. The van der Waals surface area contributed by atoms with Crippen LogP contribution in [0.25, 0.3) is 0 Å². The van der Waals surface area contributed by atoms with E-state index in [1.54, 1.807) is 6.07 Å². The number of nitrogens with one attached hydrogen (secondary N) is 1. The van der Waals surface area contributed by atoms with Gasteiger partial charge in [0.1, 0.15) is 5.75 Å². The van der Waals surface area contributed by atoms with Crippen molar-refractivity contribution in [2.45, 2.75) is 26.7 Å². The molecule has 0 heterocycles. The number of hydrogen-bond donors (Lipinski definition) is 1. The Hall–Kier alpha value is -1.81. The third-order valence-corrected chi connectivity index (χ3v) is 3.92. The van der Waals surface area contributed by atoms with Gasteiger partial charge in [0, 0.05) is 4.47 Å². The highest BCUT2D eigenvalue weighted by Crippen LogP contribution is 2.25. The Morgan fingerprint density at radius 2 is 2.00 bits per heavy atom. The number of amides is 1. The second kappa shape index (κ2) is 7.99. The van der Waals surface area contributed by atoms with Crippen molar-refractivity contribution >= 4 is 27.5 Å². The normalized spacial score (nSPS) is 10.3. The number of carbonyl (C=O) groups excluding carboxylic acids is 1. The zero-order chi connectivity index (χ0) is 15.9. The van der Waals surface area contributed by atoms with Gasteiger partial charge in [0.05, 0.1) is 17.9 Å². The highest BCUT2D eigenvalue weighted by Gasteiger charge is 2.13. The molecule has 2 rings (SSSR count). The first-order chi connectivity index (χ1) is 10.6. The molecule has 0 unspecified atom stereocenters. The van der Waals surface area contributed by atoms with Crippen molar-refractivity contribution in [3.05, 3.63) is 58.1 Å². The third-order valence-electron chi connectivity index (χ3n) is 3.26. The largest absolute Gasteiger partial charge is 0.493 e. The van der Waals surface area contributed by atoms with Gasteiger partial charge in [-0.25, -0.2) is 0 Å². The van der Waals surface area contributed by atoms with Crippen molar-refractivity contribution in [1.29, 1.82) is 0 Å². The SMILES string of the molecule is CCCCOc1ccccc1C(=O)Nc1ccc(C)cc1Br. The Morgan fingerprint density at radius 3 is 2.73 bits per heavy atom. The zero-order valence-corrected chi connectivity index (χ0v) is 14.4. The molecule has 22 heavy (non-hydrogen) atoms. The Kier molecular flexibility index (Phi) is 6.01. The number of hydrogen-bond acceptors (Lipinski definition) is 2. The molecule has 0 saturated carbocycles. The van der Waals surface area contributed by atoms with E-state index >= 15 is 0 Å². The minimum Gasteiger partial charge on any atom is -0.493 e. The lowest BCUT2D eigenvalue weighted by molar-refractivity contribution is 0.102. The van der Waals surface area contributed by atoms with E-state index in [1.807, 2.05) is 43.3 Å². The molecule has 116 valence electrons. The van der Waals surface area contributed by atoms with E-state index < -0.39 is 0 Å². The van der Waals surface area contributed by atoms with Crippen LogP contribution in [0.4, 0.5) is 5.69 Å². The summed E-state index contributed by atoms with van der Waals surface area (Å²) in [5, 5.41) is 2.92. The van der Waals surface area contributed by atoms with Gasteiger partial charge in [-0.2, -0.15) is 0 Å². The molecule has 0 aliphatic heterocycles. The van der Waals surface area contributed by atoms with Gasteiger partial charge < -0.3 is 10.1 Å². The minimum atomic E-state index is -0.170. The quantitative estimate of drug-likeness (QED) is 0.719. The number of aryl methyl sites for hydroxylation is 1. The lowest BCUT2D eigenvalue weighted by Crippen LogP contribution is -2.14. The summed E-state index contributed by atoms with van der Waals surface area (Å²) >= 11 is 3.47. The van der Waals surface area contributed by atoms with E-state index in [1.165, 1.54) is 0 Å². The van der Waals surface area contributed by atoms with Crippen LogP contribution < -0.4 is 10.1 Å². The van der Waals surface area contributed by atoms with Gasteiger partial charge in [-0.05, 0) is 59.1 Å². The van der Waals surface area contributed by atoms with Crippen molar-refractivity contribution in [2.75, 3.05) is 11.9 Å². The van der Waals surface area contributed by atoms with Crippen molar-refractivity contribution < 1.29 is 9.53 Å². The monoisotopic (exact) mass is 361 g/mol. The Balaban J connectivity index is 2.15. The molecule has 4 heteroatoms. The van der Waals surface area contributed by atoms with Gasteiger partial charge in [-0.1, -0.05) is 31.5 Å². The molecule has 3 nitrogen and oxygen atoms in total. The predicted octanol–water partition coefficient (Wildman–Crippen LogP) is 5.19. The summed E-state index contributed by atoms with van der Waals surface area (Å²) in [6.07, 6.45) is 2.03. The number of anilines is 1. The predicted molar refractivity (Wildman–Crippen MR) is 93.7 cm³/mol. The van der Waals surface area contributed by atoms with Gasteiger partial charge in [-0.15, -0.1) is 0 Å². The fraction of sp³-hybridized carbons (Fsp3) is 0.278. The van der Waals surface area contributed by atoms with E-state index in [0.717, 1.165) is 28.6 Å². The molecule has 1 N–H and O–H groups in total. The second-order valence-electron chi connectivity index (χ2n) is 5.14. The van der Waals surface area contributed by atoms with Crippen LogP contribution in [0.1, 0.15) is 35.7 Å². The second-order valence-corrected chi connectivity index (χ2v) is 5.99. The van der Waals surface area contributed by atoms with Crippen molar-refractivity contribution in [3.8, 4) is 5.75 Å². The number of ether oxygens (including phenoxy) is 1. The fourth-order valence-corrected chi connectivity index (χ4v) is 2.61. The summed E-state index contributed by atoms with van der Waals surface area (Å²) in [5.41, 5.74) is 2.43. The van der Waals surface area contributed by atoms with E-state index in [0.29, 0.717) is 17.9 Å². The molecule has 0 atom stereocenters. The molecule has 0 aromatic heterocycles. The molecule has 2 aromatic carbocycles. The summed E-state index contributed by atoms with van der Waals surface area (Å²) in [4.78, 5) is 12.5. The maximum atomic E-state index is 12.5.